The fraction of sp³-hybridized carbons (Fsp3) is 0.444. The van der Waals surface area contributed by atoms with Crippen molar-refractivity contribution < 1.29 is 17.9 Å². The van der Waals surface area contributed by atoms with Crippen molar-refractivity contribution in [3.8, 4) is 11.3 Å². The standard InChI is InChI=1S/C27H34N4O4S/c1-18(2)17-36(33,34)29-21-9-6-19(7-10-21)26-25(28)23-11-8-20(27(32)30-12-14-35-15-13-30)16-24(23)31(26)22-4-3-5-22/h6-11,16,18,22,29H,3-5,12-15,17,28H2,1-2H3. The minimum absolute atomic E-state index is 0.0136. The minimum atomic E-state index is -3.40. The number of morpholine rings is 1. The SMILES string of the molecule is CC(C)CS(=O)(=O)Nc1ccc(-c2c(N)c3ccc(C(=O)N4CCOCC4)cc3n2C2CCC2)cc1. The van der Waals surface area contributed by atoms with Crippen LogP contribution in [0.3, 0.4) is 0 Å². The third-order valence-corrected chi connectivity index (χ3v) is 8.67. The highest BCUT2D eigenvalue weighted by Crippen LogP contribution is 2.44. The van der Waals surface area contributed by atoms with Crippen molar-refractivity contribution in [3.05, 3.63) is 48.0 Å². The van der Waals surface area contributed by atoms with Crippen LogP contribution in [-0.4, -0.2) is 55.8 Å². The molecule has 0 radical (unpaired) electrons. The van der Waals surface area contributed by atoms with Crippen LogP contribution < -0.4 is 10.5 Å². The van der Waals surface area contributed by atoms with Crippen LogP contribution in [0.1, 0.15) is 49.5 Å². The van der Waals surface area contributed by atoms with Crippen molar-refractivity contribution in [2.45, 2.75) is 39.2 Å². The number of ether oxygens (including phenoxy) is 1. The molecule has 2 heterocycles. The summed E-state index contributed by atoms with van der Waals surface area (Å²) in [5, 5.41) is 0.928. The second kappa shape index (κ2) is 9.78. The number of sulfonamides is 1. The zero-order chi connectivity index (χ0) is 25.4. The molecule has 2 fully saturated rings. The molecule has 1 saturated carbocycles. The Morgan fingerprint density at radius 2 is 1.81 bits per heavy atom. The monoisotopic (exact) mass is 510 g/mol. The summed E-state index contributed by atoms with van der Waals surface area (Å²) < 4.78 is 35.0. The molecule has 1 aromatic heterocycles. The number of benzene rings is 2. The van der Waals surface area contributed by atoms with Crippen LogP contribution >= 0.6 is 0 Å². The second-order valence-corrected chi connectivity index (χ2v) is 12.0. The highest BCUT2D eigenvalue weighted by molar-refractivity contribution is 7.92. The molecule has 0 bridgehead atoms. The maximum atomic E-state index is 13.2. The van der Waals surface area contributed by atoms with Gasteiger partial charge >= 0.3 is 0 Å². The van der Waals surface area contributed by atoms with E-state index < -0.39 is 10.0 Å². The molecule has 8 nitrogen and oxygen atoms in total. The number of anilines is 2. The van der Waals surface area contributed by atoms with Crippen molar-refractivity contribution in [1.29, 1.82) is 0 Å². The average Bonchev–Trinajstić information content (AvgIpc) is 3.09. The number of nitrogens with two attached hydrogens (primary N) is 1. The summed E-state index contributed by atoms with van der Waals surface area (Å²) in [6.45, 7) is 6.08. The predicted molar refractivity (Wildman–Crippen MR) is 144 cm³/mol. The van der Waals surface area contributed by atoms with Gasteiger partial charge in [0.15, 0.2) is 0 Å². The number of amides is 1. The van der Waals surface area contributed by atoms with E-state index in [1.165, 1.54) is 0 Å². The molecular formula is C27H34N4O4S. The number of nitrogens with one attached hydrogen (secondary N) is 1. The van der Waals surface area contributed by atoms with E-state index in [-0.39, 0.29) is 17.6 Å². The normalized spacial score (nSPS) is 16.9. The number of hydrogen-bond donors (Lipinski definition) is 2. The molecule has 1 saturated heterocycles. The van der Waals surface area contributed by atoms with E-state index >= 15 is 0 Å². The third kappa shape index (κ3) is 4.82. The quantitative estimate of drug-likeness (QED) is 0.487. The summed E-state index contributed by atoms with van der Waals surface area (Å²) >= 11 is 0. The summed E-state index contributed by atoms with van der Waals surface area (Å²) in [7, 11) is -3.40. The highest BCUT2D eigenvalue weighted by atomic mass is 32.2. The van der Waals surface area contributed by atoms with E-state index in [1.807, 2.05) is 49.1 Å². The van der Waals surface area contributed by atoms with Gasteiger partial charge in [0.2, 0.25) is 10.0 Å². The van der Waals surface area contributed by atoms with Crippen molar-refractivity contribution in [2.75, 3.05) is 42.5 Å². The molecule has 5 rings (SSSR count). The van der Waals surface area contributed by atoms with Crippen LogP contribution in [0, 0.1) is 5.92 Å². The first kappa shape index (κ1) is 24.6. The van der Waals surface area contributed by atoms with Gasteiger partial charge in [-0.15, -0.1) is 0 Å². The van der Waals surface area contributed by atoms with Crippen molar-refractivity contribution >= 4 is 38.2 Å². The van der Waals surface area contributed by atoms with Crippen molar-refractivity contribution in [3.63, 3.8) is 0 Å². The number of aromatic nitrogens is 1. The van der Waals surface area contributed by atoms with Gasteiger partial charge in [0, 0.05) is 41.3 Å². The second-order valence-electron chi connectivity index (χ2n) is 10.2. The maximum Gasteiger partial charge on any atom is 0.254 e. The van der Waals surface area contributed by atoms with Crippen LogP contribution in [0.25, 0.3) is 22.2 Å². The molecule has 1 aliphatic carbocycles. The summed E-state index contributed by atoms with van der Waals surface area (Å²) in [6.07, 6.45) is 3.28. The van der Waals surface area contributed by atoms with Gasteiger partial charge in [-0.3, -0.25) is 9.52 Å². The van der Waals surface area contributed by atoms with E-state index in [0.717, 1.165) is 41.4 Å². The Kier molecular flexibility index (Phi) is 6.70. The summed E-state index contributed by atoms with van der Waals surface area (Å²) in [6, 6.07) is 13.5. The minimum Gasteiger partial charge on any atom is -0.396 e. The van der Waals surface area contributed by atoms with Gasteiger partial charge in [-0.05, 0) is 55.5 Å². The third-order valence-electron chi connectivity index (χ3n) is 7.01. The number of nitrogens with zero attached hydrogens (tertiary/aromatic N) is 2. The molecule has 1 aliphatic heterocycles. The van der Waals surface area contributed by atoms with E-state index in [2.05, 4.69) is 9.29 Å². The van der Waals surface area contributed by atoms with Gasteiger partial charge in [0.25, 0.3) is 5.91 Å². The largest absolute Gasteiger partial charge is 0.396 e. The molecule has 1 amide bonds. The first-order chi connectivity index (χ1) is 17.2. The Balaban J connectivity index is 1.52. The van der Waals surface area contributed by atoms with E-state index in [1.54, 1.807) is 12.1 Å². The van der Waals surface area contributed by atoms with Gasteiger partial charge < -0.3 is 19.9 Å². The van der Waals surface area contributed by atoms with Gasteiger partial charge in [-0.1, -0.05) is 26.0 Å². The number of rotatable bonds is 7. The number of nitrogen functional groups attached to an aromatic ring is 1. The van der Waals surface area contributed by atoms with Crippen molar-refractivity contribution in [2.24, 2.45) is 5.92 Å². The van der Waals surface area contributed by atoms with Crippen molar-refractivity contribution in [1.82, 2.24) is 9.47 Å². The average molecular weight is 511 g/mol. The van der Waals surface area contributed by atoms with Crippen LogP contribution in [-0.2, 0) is 14.8 Å². The summed E-state index contributed by atoms with van der Waals surface area (Å²) in [4.78, 5) is 15.0. The molecule has 192 valence electrons. The molecule has 0 unspecified atom stereocenters. The number of carbonyl (C=O) groups excluding carboxylic acids is 1. The predicted octanol–water partition coefficient (Wildman–Crippen LogP) is 4.49. The van der Waals surface area contributed by atoms with E-state index in [0.29, 0.717) is 49.3 Å². The molecule has 3 N–H and O–H groups in total. The number of hydrogen-bond acceptors (Lipinski definition) is 5. The number of fused-ring (bicyclic) bond motifs is 1. The molecular weight excluding hydrogens is 476 g/mol. The lowest BCUT2D eigenvalue weighted by atomic mass is 9.92. The fourth-order valence-corrected chi connectivity index (χ4v) is 6.55. The molecule has 36 heavy (non-hydrogen) atoms. The maximum absolute atomic E-state index is 13.2. The first-order valence-electron chi connectivity index (χ1n) is 12.6. The van der Waals surface area contributed by atoms with Crippen LogP contribution in [0.5, 0.6) is 0 Å². The number of carbonyl (C=O) groups is 1. The lowest BCUT2D eigenvalue weighted by Crippen LogP contribution is -2.40. The zero-order valence-electron chi connectivity index (χ0n) is 20.9. The van der Waals surface area contributed by atoms with E-state index in [9.17, 15) is 13.2 Å². The Hall–Kier alpha value is -3.04. The van der Waals surface area contributed by atoms with Gasteiger partial charge in [0.05, 0.1) is 35.9 Å². The highest BCUT2D eigenvalue weighted by Gasteiger charge is 2.28. The fourth-order valence-electron chi connectivity index (χ4n) is 5.09. The molecule has 2 aromatic carbocycles. The first-order valence-corrected chi connectivity index (χ1v) is 14.3. The lowest BCUT2D eigenvalue weighted by Gasteiger charge is -2.30. The van der Waals surface area contributed by atoms with Gasteiger partial charge in [-0.25, -0.2) is 8.42 Å². The molecule has 2 aliphatic rings. The van der Waals surface area contributed by atoms with Crippen LogP contribution in [0.4, 0.5) is 11.4 Å². The van der Waals surface area contributed by atoms with Gasteiger partial charge in [-0.2, -0.15) is 0 Å². The topological polar surface area (TPSA) is 107 Å². The molecule has 0 atom stereocenters. The summed E-state index contributed by atoms with van der Waals surface area (Å²) in [5.41, 5.74) is 11.4. The molecule has 0 spiro atoms. The summed E-state index contributed by atoms with van der Waals surface area (Å²) in [5.74, 6) is 0.128. The Morgan fingerprint density at radius 3 is 2.42 bits per heavy atom. The molecule has 9 heteroatoms. The Morgan fingerprint density at radius 1 is 1.11 bits per heavy atom. The van der Waals surface area contributed by atoms with Gasteiger partial charge in [0.1, 0.15) is 0 Å². The smallest absolute Gasteiger partial charge is 0.254 e. The Labute approximate surface area is 212 Å². The Bertz CT molecular complexity index is 1370. The lowest BCUT2D eigenvalue weighted by molar-refractivity contribution is 0.0303. The van der Waals surface area contributed by atoms with Crippen LogP contribution in [0.2, 0.25) is 0 Å². The zero-order valence-corrected chi connectivity index (χ0v) is 21.7. The van der Waals surface area contributed by atoms with Crippen LogP contribution in [0.15, 0.2) is 42.5 Å². The van der Waals surface area contributed by atoms with E-state index in [4.69, 9.17) is 10.5 Å². The molecule has 3 aromatic rings.